The molecule has 0 N–H and O–H groups in total. The van der Waals surface area contributed by atoms with Crippen LogP contribution in [0.4, 0.5) is 0 Å². The minimum Gasteiger partial charge on any atom is -0.232 e. The van der Waals surface area contributed by atoms with E-state index in [0.717, 1.165) is 30.5 Å². The molecule has 2 rings (SSSR count). The average molecular weight is 309 g/mol. The largest absolute Gasteiger partial charge is 0.232 e. The second-order valence-electron chi connectivity index (χ2n) is 5.03. The number of hydrogen-bond donors (Lipinski definition) is 0. The molecule has 0 aromatic carbocycles. The van der Waals surface area contributed by atoms with E-state index in [1.165, 1.54) is 5.57 Å². The highest BCUT2D eigenvalue weighted by Gasteiger charge is 2.37. The van der Waals surface area contributed by atoms with Crippen LogP contribution in [0.3, 0.4) is 0 Å². The smallest absolute Gasteiger partial charge is 0.180 e. The van der Waals surface area contributed by atoms with E-state index >= 15 is 0 Å². The van der Waals surface area contributed by atoms with Crippen molar-refractivity contribution < 1.29 is 0 Å². The molecule has 1 aliphatic carbocycles. The van der Waals surface area contributed by atoms with Crippen LogP contribution < -0.4 is 0 Å². The zero-order valence-electron chi connectivity index (χ0n) is 11.8. The zero-order chi connectivity index (χ0) is 14.8. The van der Waals surface area contributed by atoms with Gasteiger partial charge in [0.15, 0.2) is 4.33 Å². The van der Waals surface area contributed by atoms with Crippen molar-refractivity contribution in [2.45, 2.75) is 37.4 Å². The topological polar surface area (TPSA) is 24.7 Å². The van der Waals surface area contributed by atoms with Gasteiger partial charge in [-0.25, -0.2) is 9.98 Å². The highest BCUT2D eigenvalue weighted by atomic mass is 35.5. The number of rotatable bonds is 5. The number of fused-ring (bicyclic) bond motifs is 1. The highest BCUT2D eigenvalue weighted by Crippen LogP contribution is 2.38. The third-order valence-electron chi connectivity index (χ3n) is 3.30. The van der Waals surface area contributed by atoms with Crippen molar-refractivity contribution in [3.8, 4) is 0 Å². The Morgan fingerprint density at radius 1 is 1.40 bits per heavy atom. The van der Waals surface area contributed by atoms with E-state index in [9.17, 15) is 0 Å². The SMILES string of the molecule is C=CCCC(C)=CCC1=C2N=C(C)N=C2C(Cl)(Cl)C=C1. The van der Waals surface area contributed by atoms with Gasteiger partial charge in [0.05, 0.1) is 5.70 Å². The van der Waals surface area contributed by atoms with Crippen LogP contribution in [0.2, 0.25) is 0 Å². The van der Waals surface area contributed by atoms with Crippen molar-refractivity contribution in [3.63, 3.8) is 0 Å². The molecule has 0 radical (unpaired) electrons. The van der Waals surface area contributed by atoms with Gasteiger partial charge in [0.25, 0.3) is 0 Å². The lowest BCUT2D eigenvalue weighted by Crippen LogP contribution is -2.27. The summed E-state index contributed by atoms with van der Waals surface area (Å²) in [7, 11) is 0. The fourth-order valence-corrected chi connectivity index (χ4v) is 2.54. The minimum absolute atomic E-state index is 0.646. The van der Waals surface area contributed by atoms with Gasteiger partial charge in [-0.05, 0) is 44.8 Å². The molecule has 4 heteroatoms. The molecular weight excluding hydrogens is 291 g/mol. The lowest BCUT2D eigenvalue weighted by atomic mass is 9.97. The molecule has 0 aromatic heterocycles. The van der Waals surface area contributed by atoms with Gasteiger partial charge in [0.2, 0.25) is 0 Å². The Kier molecular flexibility index (Phi) is 4.66. The average Bonchev–Trinajstić information content (AvgIpc) is 2.79. The van der Waals surface area contributed by atoms with Gasteiger partial charge in [0.1, 0.15) is 11.5 Å². The molecule has 2 aliphatic rings. The fourth-order valence-electron chi connectivity index (χ4n) is 2.15. The van der Waals surface area contributed by atoms with Crippen molar-refractivity contribution >= 4 is 34.7 Å². The van der Waals surface area contributed by atoms with Crippen molar-refractivity contribution in [2.24, 2.45) is 9.98 Å². The number of nitrogens with zero attached hydrogens (tertiary/aromatic N) is 2. The van der Waals surface area contributed by atoms with Crippen LogP contribution in [-0.4, -0.2) is 15.9 Å². The molecule has 106 valence electrons. The number of alkyl halides is 2. The predicted molar refractivity (Wildman–Crippen MR) is 89.0 cm³/mol. The first-order chi connectivity index (χ1) is 9.44. The molecule has 1 heterocycles. The zero-order valence-corrected chi connectivity index (χ0v) is 13.3. The summed E-state index contributed by atoms with van der Waals surface area (Å²) in [5, 5.41) is 0. The van der Waals surface area contributed by atoms with E-state index in [2.05, 4.69) is 29.6 Å². The summed E-state index contributed by atoms with van der Waals surface area (Å²) < 4.78 is -1.07. The second-order valence-corrected chi connectivity index (χ2v) is 6.42. The van der Waals surface area contributed by atoms with Gasteiger partial charge in [-0.3, -0.25) is 0 Å². The van der Waals surface area contributed by atoms with E-state index in [0.29, 0.717) is 11.5 Å². The quantitative estimate of drug-likeness (QED) is 0.495. The lowest BCUT2D eigenvalue weighted by Gasteiger charge is -2.21. The Bertz CT molecular complexity index is 575. The van der Waals surface area contributed by atoms with Crippen LogP contribution in [0.25, 0.3) is 0 Å². The van der Waals surface area contributed by atoms with Gasteiger partial charge in [-0.1, -0.05) is 47.0 Å². The molecule has 0 fully saturated rings. The first kappa shape index (κ1) is 15.3. The lowest BCUT2D eigenvalue weighted by molar-refractivity contribution is 0.966. The van der Waals surface area contributed by atoms with E-state index < -0.39 is 4.33 Å². The van der Waals surface area contributed by atoms with Gasteiger partial charge in [-0.2, -0.15) is 0 Å². The van der Waals surface area contributed by atoms with Crippen LogP contribution in [0.1, 0.15) is 33.1 Å². The minimum atomic E-state index is -1.07. The molecular formula is C16H18Cl2N2. The second kappa shape index (κ2) is 6.11. The van der Waals surface area contributed by atoms with E-state index in [1.54, 1.807) is 6.08 Å². The molecule has 0 atom stereocenters. The molecule has 20 heavy (non-hydrogen) atoms. The summed E-state index contributed by atoms with van der Waals surface area (Å²) in [5.74, 6) is 0.703. The number of allylic oxidation sites excluding steroid dienone is 7. The predicted octanol–water partition coefficient (Wildman–Crippen LogP) is 5.16. The molecule has 0 saturated heterocycles. The molecule has 0 spiro atoms. The number of aliphatic imine (C=N–C) groups is 2. The summed E-state index contributed by atoms with van der Waals surface area (Å²) in [5.41, 5.74) is 3.92. The van der Waals surface area contributed by atoms with Crippen LogP contribution in [0.5, 0.6) is 0 Å². The molecule has 1 aliphatic heterocycles. The Morgan fingerprint density at radius 2 is 2.15 bits per heavy atom. The maximum atomic E-state index is 6.25. The van der Waals surface area contributed by atoms with E-state index in [1.807, 2.05) is 19.1 Å². The summed E-state index contributed by atoms with van der Waals surface area (Å²) in [6.07, 6.45) is 10.7. The van der Waals surface area contributed by atoms with Crippen molar-refractivity contribution in [1.29, 1.82) is 0 Å². The Balaban J connectivity index is 2.21. The monoisotopic (exact) mass is 308 g/mol. The molecule has 0 amide bonds. The normalized spacial score (nSPS) is 20.7. The fraction of sp³-hybridized carbons (Fsp3) is 0.375. The molecule has 0 aromatic rings. The summed E-state index contributed by atoms with van der Waals surface area (Å²) in [6.45, 7) is 7.72. The third-order valence-corrected chi connectivity index (χ3v) is 3.91. The Labute approximate surface area is 130 Å². The first-order valence-electron chi connectivity index (χ1n) is 6.65. The highest BCUT2D eigenvalue weighted by molar-refractivity contribution is 6.63. The third kappa shape index (κ3) is 3.31. The number of hydrogen-bond acceptors (Lipinski definition) is 2. The van der Waals surface area contributed by atoms with Gasteiger partial charge in [0, 0.05) is 0 Å². The van der Waals surface area contributed by atoms with Crippen molar-refractivity contribution in [3.05, 3.63) is 47.7 Å². The molecule has 2 nitrogen and oxygen atoms in total. The van der Waals surface area contributed by atoms with Gasteiger partial charge >= 0.3 is 0 Å². The van der Waals surface area contributed by atoms with E-state index in [4.69, 9.17) is 23.2 Å². The summed E-state index contributed by atoms with van der Waals surface area (Å²) in [4.78, 5) is 8.80. The summed E-state index contributed by atoms with van der Waals surface area (Å²) >= 11 is 12.5. The maximum absolute atomic E-state index is 6.25. The van der Waals surface area contributed by atoms with Crippen LogP contribution in [0.15, 0.2) is 57.7 Å². The van der Waals surface area contributed by atoms with Crippen molar-refractivity contribution in [2.75, 3.05) is 0 Å². The van der Waals surface area contributed by atoms with Crippen molar-refractivity contribution in [1.82, 2.24) is 0 Å². The summed E-state index contributed by atoms with van der Waals surface area (Å²) in [6, 6.07) is 0. The molecule has 0 bridgehead atoms. The standard InChI is InChI=1S/C16H18Cl2N2/c1-4-5-6-11(2)7-8-13-9-10-16(17,18)15-14(13)19-12(3)20-15/h4,7,9-10H,1,5-6,8H2,2-3H3. The number of halogens is 2. The first-order valence-corrected chi connectivity index (χ1v) is 7.41. The number of amidine groups is 1. The molecule has 0 saturated carbocycles. The van der Waals surface area contributed by atoms with Gasteiger partial charge < -0.3 is 0 Å². The van der Waals surface area contributed by atoms with E-state index in [-0.39, 0.29) is 0 Å². The van der Waals surface area contributed by atoms with Gasteiger partial charge in [-0.15, -0.1) is 6.58 Å². The Hall–Kier alpha value is -1.12. The maximum Gasteiger partial charge on any atom is 0.180 e. The van der Waals surface area contributed by atoms with Crippen LogP contribution in [-0.2, 0) is 0 Å². The molecule has 0 unspecified atom stereocenters. The van der Waals surface area contributed by atoms with Crippen LogP contribution >= 0.6 is 23.2 Å². The Morgan fingerprint density at radius 3 is 2.85 bits per heavy atom. The van der Waals surface area contributed by atoms with Crippen LogP contribution in [0, 0.1) is 0 Å².